The van der Waals surface area contributed by atoms with Gasteiger partial charge in [-0.15, -0.1) is 35.3 Å². The zero-order valence-electron chi connectivity index (χ0n) is 18.4. The number of aryl methyl sites for hydroxylation is 1. The van der Waals surface area contributed by atoms with Crippen LogP contribution in [0.2, 0.25) is 0 Å². The lowest BCUT2D eigenvalue weighted by molar-refractivity contribution is 0.253. The molecule has 6 nitrogen and oxygen atoms in total. The number of unbranched alkanes of at least 4 members (excludes halogenated alkanes) is 1. The van der Waals surface area contributed by atoms with Gasteiger partial charge in [0.1, 0.15) is 0 Å². The van der Waals surface area contributed by atoms with Crippen LogP contribution >= 0.6 is 35.3 Å². The summed E-state index contributed by atoms with van der Waals surface area (Å²) in [6.45, 7) is 9.51. The summed E-state index contributed by atoms with van der Waals surface area (Å²) in [6, 6.07) is 10.7. The molecule has 3 rings (SSSR count). The molecule has 1 fully saturated rings. The minimum Gasteiger partial charge on any atom is -0.369 e. The standard InChI is InChI=1S/C22H34N6S.HI/c1-19-25-20(18-29-19)17-26(3)22(23-2)24-11-7-8-12-27-13-15-28(16-14-27)21-9-5-4-6-10-21;/h4-6,9-10,18H,7-8,11-17H2,1-3H3,(H,23,24);1H. The Balaban J connectivity index is 0.00000320. The number of aromatic nitrogens is 1. The van der Waals surface area contributed by atoms with Crippen molar-refractivity contribution in [1.82, 2.24) is 20.1 Å². The van der Waals surface area contributed by atoms with Gasteiger partial charge in [0, 0.05) is 57.9 Å². The van der Waals surface area contributed by atoms with Crippen molar-refractivity contribution in [2.75, 3.05) is 58.3 Å². The molecule has 1 aromatic carbocycles. The van der Waals surface area contributed by atoms with E-state index in [1.165, 1.54) is 18.7 Å². The summed E-state index contributed by atoms with van der Waals surface area (Å²) in [5.41, 5.74) is 2.45. The van der Waals surface area contributed by atoms with Gasteiger partial charge in [0.2, 0.25) is 0 Å². The highest BCUT2D eigenvalue weighted by atomic mass is 127. The monoisotopic (exact) mass is 542 g/mol. The zero-order valence-corrected chi connectivity index (χ0v) is 21.5. The predicted molar refractivity (Wildman–Crippen MR) is 139 cm³/mol. The van der Waals surface area contributed by atoms with Gasteiger partial charge in [0.05, 0.1) is 17.2 Å². The minimum atomic E-state index is 0. The number of aliphatic imine (C=N–C) groups is 1. The zero-order chi connectivity index (χ0) is 20.5. The van der Waals surface area contributed by atoms with Gasteiger partial charge in [-0.2, -0.15) is 0 Å². The first-order chi connectivity index (χ1) is 14.2. The number of thiazole rings is 1. The molecule has 0 spiro atoms. The van der Waals surface area contributed by atoms with E-state index in [0.717, 1.165) is 62.4 Å². The van der Waals surface area contributed by atoms with Gasteiger partial charge in [-0.3, -0.25) is 9.89 Å². The summed E-state index contributed by atoms with van der Waals surface area (Å²) in [5.74, 6) is 0.937. The van der Waals surface area contributed by atoms with Crippen LogP contribution in [0.5, 0.6) is 0 Å². The topological polar surface area (TPSA) is 47.0 Å². The molecule has 1 aliphatic heterocycles. The first-order valence-electron chi connectivity index (χ1n) is 10.5. The van der Waals surface area contributed by atoms with Gasteiger partial charge >= 0.3 is 0 Å². The molecule has 0 saturated carbocycles. The highest BCUT2D eigenvalue weighted by Crippen LogP contribution is 2.15. The molecule has 0 radical (unpaired) electrons. The van der Waals surface area contributed by atoms with Crippen molar-refractivity contribution in [3.8, 4) is 0 Å². The number of halogens is 1. The second kappa shape index (κ2) is 13.1. The lowest BCUT2D eigenvalue weighted by Crippen LogP contribution is -2.46. The van der Waals surface area contributed by atoms with Crippen molar-refractivity contribution >= 4 is 47.0 Å². The number of nitrogens with zero attached hydrogens (tertiary/aromatic N) is 5. The van der Waals surface area contributed by atoms with Crippen molar-refractivity contribution in [3.63, 3.8) is 0 Å². The number of para-hydroxylation sites is 1. The second-order valence-electron chi connectivity index (χ2n) is 7.56. The number of anilines is 1. The van der Waals surface area contributed by atoms with Crippen LogP contribution in [0, 0.1) is 6.92 Å². The fraction of sp³-hybridized carbons (Fsp3) is 0.545. The predicted octanol–water partition coefficient (Wildman–Crippen LogP) is 3.68. The summed E-state index contributed by atoms with van der Waals surface area (Å²) in [5, 5.41) is 6.72. The molecule has 0 aliphatic carbocycles. The fourth-order valence-electron chi connectivity index (χ4n) is 3.71. The largest absolute Gasteiger partial charge is 0.369 e. The molecule has 0 unspecified atom stereocenters. The third-order valence-corrected chi connectivity index (χ3v) is 6.14. The van der Waals surface area contributed by atoms with E-state index in [1.807, 2.05) is 14.0 Å². The second-order valence-corrected chi connectivity index (χ2v) is 8.62. The molecule has 166 valence electrons. The molecule has 0 atom stereocenters. The van der Waals surface area contributed by atoms with Crippen LogP contribution in [-0.4, -0.2) is 74.1 Å². The molecule has 1 N–H and O–H groups in total. The quantitative estimate of drug-likeness (QED) is 0.239. The summed E-state index contributed by atoms with van der Waals surface area (Å²) in [6.07, 6.45) is 2.37. The Morgan fingerprint density at radius 2 is 1.90 bits per heavy atom. The highest BCUT2D eigenvalue weighted by molar-refractivity contribution is 14.0. The summed E-state index contributed by atoms with van der Waals surface area (Å²) in [7, 11) is 3.91. The van der Waals surface area contributed by atoms with Gasteiger partial charge < -0.3 is 15.1 Å². The van der Waals surface area contributed by atoms with E-state index in [9.17, 15) is 0 Å². The molecule has 2 aromatic rings. The molecule has 0 amide bonds. The molecule has 2 heterocycles. The van der Waals surface area contributed by atoms with Gasteiger partial charge in [-0.1, -0.05) is 18.2 Å². The Morgan fingerprint density at radius 3 is 2.53 bits per heavy atom. The number of piperazine rings is 1. The number of hydrogen-bond donors (Lipinski definition) is 1. The lowest BCUT2D eigenvalue weighted by atomic mass is 10.2. The van der Waals surface area contributed by atoms with Crippen LogP contribution < -0.4 is 10.2 Å². The SMILES string of the molecule is CN=C(NCCCCN1CCN(c2ccccc2)CC1)N(C)Cc1csc(C)n1.I. The van der Waals surface area contributed by atoms with E-state index in [-0.39, 0.29) is 24.0 Å². The summed E-state index contributed by atoms with van der Waals surface area (Å²) >= 11 is 1.70. The Labute approximate surface area is 202 Å². The molecular formula is C22H35IN6S. The molecule has 30 heavy (non-hydrogen) atoms. The van der Waals surface area contributed by atoms with E-state index < -0.39 is 0 Å². The maximum Gasteiger partial charge on any atom is 0.193 e. The number of hydrogen-bond acceptors (Lipinski definition) is 5. The number of benzene rings is 1. The normalized spacial score (nSPS) is 15.0. The first kappa shape index (κ1) is 24.9. The van der Waals surface area contributed by atoms with Gasteiger partial charge in [-0.25, -0.2) is 4.98 Å². The average Bonchev–Trinajstić information content (AvgIpc) is 3.16. The molecular weight excluding hydrogens is 507 g/mol. The number of guanidine groups is 1. The van der Waals surface area contributed by atoms with Crippen LogP contribution in [0.1, 0.15) is 23.5 Å². The van der Waals surface area contributed by atoms with Gasteiger partial charge in [-0.05, 0) is 38.4 Å². The van der Waals surface area contributed by atoms with Crippen LogP contribution in [-0.2, 0) is 6.54 Å². The van der Waals surface area contributed by atoms with Crippen molar-refractivity contribution in [3.05, 3.63) is 46.4 Å². The summed E-state index contributed by atoms with van der Waals surface area (Å²) < 4.78 is 0. The number of nitrogens with one attached hydrogen (secondary N) is 1. The Kier molecular flexibility index (Phi) is 10.9. The smallest absolute Gasteiger partial charge is 0.193 e. The Bertz CT molecular complexity index is 758. The van der Waals surface area contributed by atoms with Crippen molar-refractivity contribution in [2.24, 2.45) is 4.99 Å². The van der Waals surface area contributed by atoms with Crippen LogP contribution in [0.25, 0.3) is 0 Å². The number of rotatable bonds is 8. The maximum atomic E-state index is 4.54. The van der Waals surface area contributed by atoms with Crippen molar-refractivity contribution in [2.45, 2.75) is 26.3 Å². The minimum absolute atomic E-state index is 0. The Morgan fingerprint density at radius 1 is 1.17 bits per heavy atom. The maximum absolute atomic E-state index is 4.54. The van der Waals surface area contributed by atoms with Crippen molar-refractivity contribution < 1.29 is 0 Å². The fourth-order valence-corrected chi connectivity index (χ4v) is 4.32. The Hall–Kier alpha value is -1.39. The van der Waals surface area contributed by atoms with Gasteiger partial charge in [0.15, 0.2) is 5.96 Å². The van der Waals surface area contributed by atoms with Gasteiger partial charge in [0.25, 0.3) is 0 Å². The molecule has 1 aromatic heterocycles. The van der Waals surface area contributed by atoms with Crippen molar-refractivity contribution in [1.29, 1.82) is 0 Å². The van der Waals surface area contributed by atoms with E-state index in [1.54, 1.807) is 11.3 Å². The third-order valence-electron chi connectivity index (χ3n) is 5.32. The highest BCUT2D eigenvalue weighted by Gasteiger charge is 2.16. The van der Waals surface area contributed by atoms with Crippen LogP contribution in [0.3, 0.4) is 0 Å². The van der Waals surface area contributed by atoms with E-state index in [0.29, 0.717) is 0 Å². The van der Waals surface area contributed by atoms with Crippen LogP contribution in [0.15, 0.2) is 40.7 Å². The molecule has 1 saturated heterocycles. The van der Waals surface area contributed by atoms with E-state index in [2.05, 4.69) is 72.8 Å². The van der Waals surface area contributed by atoms with E-state index in [4.69, 9.17) is 0 Å². The van der Waals surface area contributed by atoms with E-state index >= 15 is 0 Å². The third kappa shape index (κ3) is 7.70. The first-order valence-corrected chi connectivity index (χ1v) is 11.4. The average molecular weight is 543 g/mol. The molecule has 0 bridgehead atoms. The summed E-state index contributed by atoms with van der Waals surface area (Å²) in [4.78, 5) is 16.2. The molecule has 1 aliphatic rings. The van der Waals surface area contributed by atoms with Crippen LogP contribution in [0.4, 0.5) is 5.69 Å². The lowest BCUT2D eigenvalue weighted by Gasteiger charge is -2.36. The molecule has 8 heteroatoms.